The van der Waals surface area contributed by atoms with Crippen LogP contribution in [0.15, 0.2) is 24.3 Å². The first-order valence-electron chi connectivity index (χ1n) is 9.97. The largest absolute Gasteiger partial charge is 0.497 e. The average Bonchev–Trinajstić information content (AvgIpc) is 2.68. The van der Waals surface area contributed by atoms with Crippen molar-refractivity contribution in [2.75, 3.05) is 64.4 Å². The highest BCUT2D eigenvalue weighted by Gasteiger charge is 2.30. The van der Waals surface area contributed by atoms with E-state index < -0.39 is 0 Å². The van der Waals surface area contributed by atoms with Crippen LogP contribution in [0.25, 0.3) is 0 Å². The number of anilines is 1. The number of hydrogen-bond donors (Lipinski definition) is 1. The molecule has 2 aliphatic rings. The van der Waals surface area contributed by atoms with Gasteiger partial charge in [0.15, 0.2) is 0 Å². The maximum atomic E-state index is 9.56. The van der Waals surface area contributed by atoms with Crippen LogP contribution in [0, 0.1) is 5.41 Å². The van der Waals surface area contributed by atoms with Crippen LogP contribution in [0.3, 0.4) is 0 Å². The highest BCUT2D eigenvalue weighted by Crippen LogP contribution is 2.24. The summed E-state index contributed by atoms with van der Waals surface area (Å²) in [6.45, 7) is 12.3. The normalized spacial score (nSPS) is 23.2. The summed E-state index contributed by atoms with van der Waals surface area (Å²) in [4.78, 5) is 7.71. The number of piperidine rings is 1. The molecule has 1 unspecified atom stereocenters. The number of ether oxygens (including phenoxy) is 1. The first-order chi connectivity index (χ1) is 12.5. The number of nitrogens with zero attached hydrogens (tertiary/aromatic N) is 3. The molecule has 0 spiro atoms. The standard InChI is InChI=1S/C21H35N3O2/c1-21(2,17-25)16-22-10-4-5-19(15-22)24-13-11-23(12-14-24)18-6-8-20(26-3)9-7-18/h6-9,19,25H,4-5,10-17H2,1-3H3. The van der Waals surface area contributed by atoms with Gasteiger partial charge in [-0.25, -0.2) is 0 Å². The van der Waals surface area contributed by atoms with Crippen molar-refractivity contribution >= 4 is 5.69 Å². The van der Waals surface area contributed by atoms with E-state index in [4.69, 9.17) is 4.74 Å². The van der Waals surface area contributed by atoms with E-state index in [9.17, 15) is 5.11 Å². The molecule has 2 fully saturated rings. The lowest BCUT2D eigenvalue weighted by molar-refractivity contribution is 0.0502. The van der Waals surface area contributed by atoms with E-state index >= 15 is 0 Å². The van der Waals surface area contributed by atoms with Crippen molar-refractivity contribution in [1.29, 1.82) is 0 Å². The topological polar surface area (TPSA) is 39.2 Å². The van der Waals surface area contributed by atoms with Gasteiger partial charge in [0.25, 0.3) is 0 Å². The van der Waals surface area contributed by atoms with Gasteiger partial charge in [0.1, 0.15) is 5.75 Å². The molecule has 5 heteroatoms. The summed E-state index contributed by atoms with van der Waals surface area (Å²) in [6.07, 6.45) is 2.57. The minimum Gasteiger partial charge on any atom is -0.497 e. The Balaban J connectivity index is 1.50. The highest BCUT2D eigenvalue weighted by atomic mass is 16.5. The zero-order valence-electron chi connectivity index (χ0n) is 16.7. The van der Waals surface area contributed by atoms with Crippen LogP contribution in [-0.4, -0.2) is 80.5 Å². The Labute approximate surface area is 158 Å². The van der Waals surface area contributed by atoms with Crippen LogP contribution in [-0.2, 0) is 0 Å². The molecule has 0 aliphatic carbocycles. The number of rotatable bonds is 6. The van der Waals surface area contributed by atoms with E-state index in [1.807, 2.05) is 12.1 Å². The van der Waals surface area contributed by atoms with Gasteiger partial charge in [-0.1, -0.05) is 13.8 Å². The smallest absolute Gasteiger partial charge is 0.119 e. The van der Waals surface area contributed by atoms with Crippen LogP contribution in [0.5, 0.6) is 5.75 Å². The summed E-state index contributed by atoms with van der Waals surface area (Å²) in [6, 6.07) is 9.07. The maximum Gasteiger partial charge on any atom is 0.119 e. The Kier molecular flexibility index (Phi) is 6.43. The lowest BCUT2D eigenvalue weighted by Gasteiger charge is -2.45. The molecule has 0 amide bonds. The quantitative estimate of drug-likeness (QED) is 0.842. The third kappa shape index (κ3) is 4.90. The van der Waals surface area contributed by atoms with E-state index in [1.54, 1.807) is 7.11 Å². The first kappa shape index (κ1) is 19.5. The number of methoxy groups -OCH3 is 1. The van der Waals surface area contributed by atoms with Crippen LogP contribution in [0.4, 0.5) is 5.69 Å². The Hall–Kier alpha value is -1.30. The lowest BCUT2D eigenvalue weighted by Crippen LogP contribution is -2.56. The fourth-order valence-electron chi connectivity index (χ4n) is 4.27. The predicted octanol–water partition coefficient (Wildman–Crippen LogP) is 2.30. The number of benzene rings is 1. The van der Waals surface area contributed by atoms with Crippen LogP contribution in [0.2, 0.25) is 0 Å². The summed E-state index contributed by atoms with van der Waals surface area (Å²) in [5.74, 6) is 0.917. The molecule has 2 aliphatic heterocycles. The Morgan fingerprint density at radius 3 is 2.38 bits per heavy atom. The highest BCUT2D eigenvalue weighted by molar-refractivity contribution is 5.49. The molecule has 1 aromatic rings. The minimum absolute atomic E-state index is 0.00501. The van der Waals surface area contributed by atoms with E-state index in [0.29, 0.717) is 6.04 Å². The summed E-state index contributed by atoms with van der Waals surface area (Å²) >= 11 is 0. The fourth-order valence-corrected chi connectivity index (χ4v) is 4.27. The number of likely N-dealkylation sites (tertiary alicyclic amines) is 1. The minimum atomic E-state index is -0.00501. The van der Waals surface area contributed by atoms with Crippen molar-refractivity contribution in [2.24, 2.45) is 5.41 Å². The van der Waals surface area contributed by atoms with Crippen LogP contribution < -0.4 is 9.64 Å². The summed E-state index contributed by atoms with van der Waals surface area (Å²) in [5, 5.41) is 9.56. The molecule has 2 heterocycles. The zero-order valence-corrected chi connectivity index (χ0v) is 16.7. The molecule has 3 rings (SSSR count). The van der Waals surface area contributed by atoms with Gasteiger partial charge >= 0.3 is 0 Å². The third-order valence-corrected chi connectivity index (χ3v) is 5.83. The van der Waals surface area contributed by atoms with Gasteiger partial charge in [-0.2, -0.15) is 0 Å². The second-order valence-electron chi connectivity index (χ2n) is 8.57. The Morgan fingerprint density at radius 1 is 1.08 bits per heavy atom. The summed E-state index contributed by atoms with van der Waals surface area (Å²) < 4.78 is 5.26. The molecule has 0 saturated carbocycles. The van der Waals surface area contributed by atoms with Crippen molar-refractivity contribution in [2.45, 2.75) is 32.7 Å². The van der Waals surface area contributed by atoms with Crippen LogP contribution in [0.1, 0.15) is 26.7 Å². The van der Waals surface area contributed by atoms with Gasteiger partial charge in [-0.15, -0.1) is 0 Å². The molecule has 146 valence electrons. The van der Waals surface area contributed by atoms with E-state index in [2.05, 4.69) is 40.7 Å². The second kappa shape index (κ2) is 8.59. The van der Waals surface area contributed by atoms with E-state index in [0.717, 1.165) is 45.0 Å². The number of piperazine rings is 1. The molecular weight excluding hydrogens is 326 g/mol. The first-order valence-corrected chi connectivity index (χ1v) is 9.97. The van der Waals surface area contributed by atoms with Gasteiger partial charge in [-0.05, 0) is 43.7 Å². The van der Waals surface area contributed by atoms with Gasteiger partial charge in [-0.3, -0.25) is 4.90 Å². The molecule has 5 nitrogen and oxygen atoms in total. The van der Waals surface area contributed by atoms with Crippen molar-refractivity contribution in [3.63, 3.8) is 0 Å². The Morgan fingerprint density at radius 2 is 1.77 bits per heavy atom. The number of aliphatic hydroxyl groups excluding tert-OH is 1. The molecule has 0 aromatic heterocycles. The third-order valence-electron chi connectivity index (χ3n) is 5.83. The monoisotopic (exact) mass is 361 g/mol. The number of aliphatic hydroxyl groups is 1. The molecule has 0 radical (unpaired) electrons. The SMILES string of the molecule is COc1ccc(N2CCN(C3CCCN(CC(C)(C)CO)C3)CC2)cc1. The van der Waals surface area contributed by atoms with E-state index in [1.165, 1.54) is 25.1 Å². The second-order valence-corrected chi connectivity index (χ2v) is 8.57. The van der Waals surface area contributed by atoms with E-state index in [-0.39, 0.29) is 12.0 Å². The molecule has 1 atom stereocenters. The van der Waals surface area contributed by atoms with Gasteiger partial charge in [0.2, 0.25) is 0 Å². The van der Waals surface area contributed by atoms with Crippen LogP contribution >= 0.6 is 0 Å². The fraction of sp³-hybridized carbons (Fsp3) is 0.714. The zero-order chi connectivity index (χ0) is 18.6. The molecular formula is C21H35N3O2. The molecule has 1 N–H and O–H groups in total. The van der Waals surface area contributed by atoms with Crippen molar-refractivity contribution in [1.82, 2.24) is 9.80 Å². The number of hydrogen-bond acceptors (Lipinski definition) is 5. The average molecular weight is 362 g/mol. The molecule has 2 saturated heterocycles. The van der Waals surface area contributed by atoms with Gasteiger partial charge in [0, 0.05) is 63.0 Å². The molecule has 26 heavy (non-hydrogen) atoms. The summed E-state index contributed by atoms with van der Waals surface area (Å²) in [5.41, 5.74) is 1.29. The molecule has 0 bridgehead atoms. The lowest BCUT2D eigenvalue weighted by atomic mass is 9.92. The summed E-state index contributed by atoms with van der Waals surface area (Å²) in [7, 11) is 1.71. The van der Waals surface area contributed by atoms with Gasteiger partial charge in [0.05, 0.1) is 7.11 Å². The van der Waals surface area contributed by atoms with Gasteiger partial charge < -0.3 is 19.6 Å². The van der Waals surface area contributed by atoms with Crippen molar-refractivity contribution in [3.8, 4) is 5.75 Å². The van der Waals surface area contributed by atoms with Crippen molar-refractivity contribution < 1.29 is 9.84 Å². The molecule has 1 aromatic carbocycles. The maximum absolute atomic E-state index is 9.56. The predicted molar refractivity (Wildman–Crippen MR) is 107 cm³/mol. The van der Waals surface area contributed by atoms with Crippen molar-refractivity contribution in [3.05, 3.63) is 24.3 Å². The Bertz CT molecular complexity index is 553.